The Balaban J connectivity index is 3.61. The fraction of sp³-hybridized carbons (Fsp3) is 0.941. The number of nitrogens with zero attached hydrogens (tertiary/aromatic N) is 1. The highest BCUT2D eigenvalue weighted by atomic mass is 32.1. The number of hydrogen-bond donors (Lipinski definition) is 1. The van der Waals surface area contributed by atoms with Gasteiger partial charge in [0.25, 0.3) is 0 Å². The summed E-state index contributed by atoms with van der Waals surface area (Å²) in [5, 5.41) is 0. The van der Waals surface area contributed by atoms with E-state index in [1.54, 1.807) is 0 Å². The Hall–Kier alpha value is -0.0600. The number of hydrogen-bond acceptors (Lipinski definition) is 4. The third-order valence-electron chi connectivity index (χ3n) is 2.85. The summed E-state index contributed by atoms with van der Waals surface area (Å²) in [7, 11) is 0. The zero-order valence-electron chi connectivity index (χ0n) is 14.8. The van der Waals surface area contributed by atoms with E-state index in [0.29, 0.717) is 19.3 Å². The monoisotopic (exact) mass is 317 g/mol. The molecule has 0 saturated heterocycles. The molecule has 4 heteroatoms. The van der Waals surface area contributed by atoms with Crippen LogP contribution in [-0.2, 0) is 9.47 Å². The van der Waals surface area contributed by atoms with Crippen LogP contribution in [0.25, 0.3) is 0 Å². The largest absolute Gasteiger partial charge is 0.379 e. The van der Waals surface area contributed by atoms with Crippen LogP contribution in [-0.4, -0.2) is 42.4 Å². The first-order valence-corrected chi connectivity index (χ1v) is 8.53. The van der Waals surface area contributed by atoms with Crippen molar-refractivity contribution in [3.63, 3.8) is 0 Å². The molecule has 21 heavy (non-hydrogen) atoms. The molecule has 0 aliphatic rings. The molecule has 0 bridgehead atoms. The normalized spacial score (nSPS) is 13.5. The lowest BCUT2D eigenvalue weighted by Gasteiger charge is -2.28. The zero-order valence-corrected chi connectivity index (χ0v) is 15.7. The first-order valence-electron chi connectivity index (χ1n) is 8.09. The van der Waals surface area contributed by atoms with Crippen LogP contribution in [0.4, 0.5) is 0 Å². The van der Waals surface area contributed by atoms with E-state index in [1.807, 2.05) is 6.21 Å². The Kier molecular flexibility index (Phi) is 10.6. The van der Waals surface area contributed by atoms with Crippen LogP contribution in [0, 0.1) is 0 Å². The van der Waals surface area contributed by atoms with Gasteiger partial charge in [0.2, 0.25) is 0 Å². The minimum absolute atomic E-state index is 0.0982. The van der Waals surface area contributed by atoms with E-state index < -0.39 is 0 Å². The van der Waals surface area contributed by atoms with Crippen LogP contribution >= 0.6 is 12.6 Å². The van der Waals surface area contributed by atoms with E-state index in [2.05, 4.69) is 59.2 Å². The van der Waals surface area contributed by atoms with Gasteiger partial charge in [0.1, 0.15) is 0 Å². The summed E-state index contributed by atoms with van der Waals surface area (Å²) in [5.74, 6) is 0. The molecule has 0 amide bonds. The molecule has 126 valence electrons. The van der Waals surface area contributed by atoms with Gasteiger partial charge in [-0.3, -0.25) is 4.99 Å². The van der Waals surface area contributed by atoms with Crippen LogP contribution in [0.5, 0.6) is 0 Å². The van der Waals surface area contributed by atoms with Gasteiger partial charge in [-0.05, 0) is 67.0 Å². The Bertz CT molecular complexity index is 283. The highest BCUT2D eigenvalue weighted by molar-refractivity contribution is 7.81. The molecule has 3 nitrogen and oxygen atoms in total. The molecular weight excluding hydrogens is 282 g/mol. The lowest BCUT2D eigenvalue weighted by Crippen LogP contribution is -2.33. The maximum absolute atomic E-state index is 5.87. The first-order chi connectivity index (χ1) is 9.62. The molecule has 0 saturated carbocycles. The maximum Gasteiger partial charge on any atom is 0.0821 e. The third kappa shape index (κ3) is 16.1. The topological polar surface area (TPSA) is 30.8 Å². The van der Waals surface area contributed by atoms with Crippen molar-refractivity contribution in [2.45, 2.75) is 83.7 Å². The Labute approximate surface area is 137 Å². The quantitative estimate of drug-likeness (QED) is 0.325. The second-order valence-corrected chi connectivity index (χ2v) is 8.36. The van der Waals surface area contributed by atoms with Crippen LogP contribution in [0.15, 0.2) is 4.99 Å². The van der Waals surface area contributed by atoms with Gasteiger partial charge in [0.05, 0.1) is 24.9 Å². The Morgan fingerprint density at radius 1 is 1.10 bits per heavy atom. The van der Waals surface area contributed by atoms with Gasteiger partial charge < -0.3 is 9.47 Å². The van der Waals surface area contributed by atoms with E-state index in [0.717, 1.165) is 19.4 Å². The van der Waals surface area contributed by atoms with Crippen LogP contribution < -0.4 is 0 Å². The third-order valence-corrected chi connectivity index (χ3v) is 2.98. The molecule has 0 aromatic heterocycles. The summed E-state index contributed by atoms with van der Waals surface area (Å²) in [6.07, 6.45) is 6.92. The van der Waals surface area contributed by atoms with Crippen molar-refractivity contribution in [3.05, 3.63) is 0 Å². The Morgan fingerprint density at radius 3 is 2.33 bits per heavy atom. The standard InChI is InChI=1S/C17H35NO2S/c1-15(2)19-12-10-8-7-9-11-18-13-16(3,4)20-14-17(5,6)21/h11,15,21H,7-10,12-14H2,1-6H3. The highest BCUT2D eigenvalue weighted by Crippen LogP contribution is 2.17. The minimum atomic E-state index is -0.221. The average molecular weight is 318 g/mol. The molecule has 0 spiro atoms. The second kappa shape index (κ2) is 10.6. The van der Waals surface area contributed by atoms with Crippen LogP contribution in [0.2, 0.25) is 0 Å². The van der Waals surface area contributed by atoms with Crippen molar-refractivity contribution in [1.29, 1.82) is 0 Å². The van der Waals surface area contributed by atoms with E-state index in [4.69, 9.17) is 9.47 Å². The van der Waals surface area contributed by atoms with E-state index in [9.17, 15) is 0 Å². The van der Waals surface area contributed by atoms with Gasteiger partial charge >= 0.3 is 0 Å². The maximum atomic E-state index is 5.87. The van der Waals surface area contributed by atoms with Gasteiger partial charge in [-0.15, -0.1) is 0 Å². The number of aliphatic imine (C=N–C) groups is 1. The van der Waals surface area contributed by atoms with Crippen molar-refractivity contribution in [1.82, 2.24) is 0 Å². The zero-order chi connectivity index (χ0) is 16.4. The lowest BCUT2D eigenvalue weighted by molar-refractivity contribution is -0.0174. The smallest absolute Gasteiger partial charge is 0.0821 e. The molecule has 0 aromatic rings. The van der Waals surface area contributed by atoms with Crippen molar-refractivity contribution in [3.8, 4) is 0 Å². The first kappa shape index (κ1) is 20.9. The molecule has 0 N–H and O–H groups in total. The molecule has 0 radical (unpaired) electrons. The average Bonchev–Trinajstić information content (AvgIpc) is 2.33. The number of unbranched alkanes of at least 4 members (excludes halogenated alkanes) is 3. The Morgan fingerprint density at radius 2 is 1.76 bits per heavy atom. The molecule has 0 unspecified atom stereocenters. The van der Waals surface area contributed by atoms with Crippen LogP contribution in [0.3, 0.4) is 0 Å². The van der Waals surface area contributed by atoms with E-state index >= 15 is 0 Å². The van der Waals surface area contributed by atoms with Crippen molar-refractivity contribution < 1.29 is 9.47 Å². The van der Waals surface area contributed by atoms with Gasteiger partial charge in [-0.25, -0.2) is 0 Å². The molecule has 0 fully saturated rings. The van der Waals surface area contributed by atoms with Crippen molar-refractivity contribution in [2.75, 3.05) is 19.8 Å². The number of thiol groups is 1. The summed E-state index contributed by atoms with van der Waals surface area (Å²) in [6.45, 7) is 14.6. The van der Waals surface area contributed by atoms with Gasteiger partial charge in [0.15, 0.2) is 0 Å². The van der Waals surface area contributed by atoms with E-state index in [-0.39, 0.29) is 10.3 Å². The minimum Gasteiger partial charge on any atom is -0.379 e. The molecule has 0 aliphatic heterocycles. The summed E-state index contributed by atoms with van der Waals surface area (Å²) in [4.78, 5) is 4.48. The van der Waals surface area contributed by atoms with Crippen molar-refractivity contribution >= 4 is 18.8 Å². The second-order valence-electron chi connectivity index (χ2n) is 7.15. The van der Waals surface area contributed by atoms with Gasteiger partial charge in [-0.2, -0.15) is 12.6 Å². The molecule has 0 rings (SSSR count). The molecule has 0 atom stereocenters. The molecule has 0 heterocycles. The van der Waals surface area contributed by atoms with E-state index in [1.165, 1.54) is 12.8 Å². The fourth-order valence-electron chi connectivity index (χ4n) is 1.63. The summed E-state index contributed by atoms with van der Waals surface area (Å²) < 4.78 is 11.3. The van der Waals surface area contributed by atoms with Gasteiger partial charge in [0, 0.05) is 11.4 Å². The summed E-state index contributed by atoms with van der Waals surface area (Å²) >= 11 is 4.47. The predicted octanol–water partition coefficient (Wildman–Crippen LogP) is 4.55. The lowest BCUT2D eigenvalue weighted by atomic mass is 10.1. The summed E-state index contributed by atoms with van der Waals surface area (Å²) in [5.41, 5.74) is -0.221. The number of rotatable bonds is 12. The molecule has 0 aromatic carbocycles. The van der Waals surface area contributed by atoms with Gasteiger partial charge in [-0.1, -0.05) is 6.42 Å². The number of ether oxygens (including phenoxy) is 2. The molecule has 0 aliphatic carbocycles. The predicted molar refractivity (Wildman–Crippen MR) is 96.0 cm³/mol. The SMILES string of the molecule is CC(C)OCCCCCC=NCC(C)(C)OCC(C)(C)S. The van der Waals surface area contributed by atoms with Crippen molar-refractivity contribution in [2.24, 2.45) is 4.99 Å². The summed E-state index contributed by atoms with van der Waals surface area (Å²) in [6, 6.07) is 0. The van der Waals surface area contributed by atoms with Crippen LogP contribution in [0.1, 0.15) is 67.2 Å². The highest BCUT2D eigenvalue weighted by Gasteiger charge is 2.21. The fourth-order valence-corrected chi connectivity index (χ4v) is 1.69. The molecular formula is C17H35NO2S.